The Morgan fingerprint density at radius 3 is 2.14 bits per heavy atom. The average molecular weight is 440 g/mol. The number of rotatable bonds is 6. The lowest BCUT2D eigenvalue weighted by atomic mass is 10.2. The molecule has 0 saturated carbocycles. The minimum Gasteiger partial charge on any atom is -0.497 e. The molecule has 0 aliphatic heterocycles. The smallest absolute Gasteiger partial charge is 0.264 e. The zero-order chi connectivity index (χ0) is 20.3. The lowest BCUT2D eigenvalue weighted by Crippen LogP contribution is -2.31. The van der Waals surface area contributed by atoms with Gasteiger partial charge in [0.05, 0.1) is 24.2 Å². The highest BCUT2D eigenvalue weighted by atomic mass is 35.5. The molecule has 0 spiro atoms. The van der Waals surface area contributed by atoms with Crippen molar-refractivity contribution in [3.05, 3.63) is 88.2 Å². The maximum Gasteiger partial charge on any atom is 0.264 e. The molecule has 0 aliphatic carbocycles. The minimum absolute atomic E-state index is 0.0285. The number of hydrogen-bond donors (Lipinski definition) is 0. The van der Waals surface area contributed by atoms with Gasteiger partial charge in [-0.15, -0.1) is 0 Å². The van der Waals surface area contributed by atoms with Crippen molar-refractivity contribution in [1.82, 2.24) is 0 Å². The first kappa shape index (κ1) is 20.5. The molecule has 0 unspecified atom stereocenters. The van der Waals surface area contributed by atoms with Crippen LogP contribution in [0.5, 0.6) is 5.75 Å². The number of methoxy groups -OCH3 is 1. The number of halogens is 3. The SMILES string of the molecule is COc1ccc(S(=O)(=O)N(Cc2c(Cl)cccc2Cl)c2cccc(F)c2)cc1. The molecule has 0 N–H and O–H groups in total. The molecule has 0 atom stereocenters. The van der Waals surface area contributed by atoms with E-state index in [0.717, 1.165) is 10.4 Å². The van der Waals surface area contributed by atoms with E-state index in [1.165, 1.54) is 37.4 Å². The van der Waals surface area contributed by atoms with E-state index >= 15 is 0 Å². The van der Waals surface area contributed by atoms with E-state index < -0.39 is 15.8 Å². The fraction of sp³-hybridized carbons (Fsp3) is 0.100. The van der Waals surface area contributed by atoms with Gasteiger partial charge in [0, 0.05) is 15.6 Å². The summed E-state index contributed by atoms with van der Waals surface area (Å²) in [5.74, 6) is -0.0388. The Balaban J connectivity index is 2.12. The molecule has 3 aromatic carbocycles. The Morgan fingerprint density at radius 1 is 0.964 bits per heavy atom. The zero-order valence-electron chi connectivity index (χ0n) is 14.8. The third kappa shape index (κ3) is 4.24. The summed E-state index contributed by atoms with van der Waals surface area (Å²) < 4.78 is 46.7. The molecule has 0 amide bonds. The van der Waals surface area contributed by atoms with Crippen molar-refractivity contribution < 1.29 is 17.5 Å². The van der Waals surface area contributed by atoms with Crippen LogP contribution in [0, 0.1) is 5.82 Å². The van der Waals surface area contributed by atoms with E-state index in [4.69, 9.17) is 27.9 Å². The van der Waals surface area contributed by atoms with Gasteiger partial charge in [0.25, 0.3) is 10.0 Å². The molecule has 0 heterocycles. The predicted octanol–water partition coefficient (Wildman–Crippen LogP) is 5.54. The van der Waals surface area contributed by atoms with Crippen LogP contribution in [0.4, 0.5) is 10.1 Å². The van der Waals surface area contributed by atoms with Crippen LogP contribution in [0.3, 0.4) is 0 Å². The van der Waals surface area contributed by atoms with Crippen molar-refractivity contribution in [2.75, 3.05) is 11.4 Å². The Labute approximate surface area is 173 Å². The maximum atomic E-state index is 13.8. The van der Waals surface area contributed by atoms with Crippen LogP contribution < -0.4 is 9.04 Å². The summed E-state index contributed by atoms with van der Waals surface area (Å²) >= 11 is 12.5. The number of sulfonamides is 1. The largest absolute Gasteiger partial charge is 0.497 e. The lowest BCUT2D eigenvalue weighted by Gasteiger charge is -2.25. The second-order valence-electron chi connectivity index (χ2n) is 5.87. The first-order valence-corrected chi connectivity index (χ1v) is 10.4. The number of anilines is 1. The quantitative estimate of drug-likeness (QED) is 0.506. The van der Waals surface area contributed by atoms with E-state index in [2.05, 4.69) is 0 Å². The third-order valence-electron chi connectivity index (χ3n) is 4.11. The van der Waals surface area contributed by atoms with Gasteiger partial charge in [-0.1, -0.05) is 35.3 Å². The summed E-state index contributed by atoms with van der Waals surface area (Å²) in [6.45, 7) is -0.156. The number of nitrogens with zero attached hydrogens (tertiary/aromatic N) is 1. The standard InChI is InChI=1S/C20H16Cl2FNO3S/c1-27-16-8-10-17(11-9-16)28(25,26)24(15-5-2-4-14(23)12-15)13-18-19(21)6-3-7-20(18)22/h2-12H,13H2,1H3. The zero-order valence-corrected chi connectivity index (χ0v) is 17.1. The summed E-state index contributed by atoms with van der Waals surface area (Å²) in [5.41, 5.74) is 0.582. The normalized spacial score (nSPS) is 11.3. The van der Waals surface area contributed by atoms with Gasteiger partial charge < -0.3 is 4.74 Å². The second kappa shape index (κ2) is 8.39. The van der Waals surface area contributed by atoms with Crippen molar-refractivity contribution in [3.8, 4) is 5.75 Å². The van der Waals surface area contributed by atoms with Crippen LogP contribution in [0.2, 0.25) is 10.0 Å². The highest BCUT2D eigenvalue weighted by molar-refractivity contribution is 7.92. The van der Waals surface area contributed by atoms with Crippen LogP contribution >= 0.6 is 23.2 Å². The molecule has 4 nitrogen and oxygen atoms in total. The minimum atomic E-state index is -4.03. The molecule has 0 aromatic heterocycles. The molecule has 0 aliphatic rings. The van der Waals surface area contributed by atoms with Crippen molar-refractivity contribution in [2.45, 2.75) is 11.4 Å². The van der Waals surface area contributed by atoms with Gasteiger partial charge in [0.15, 0.2) is 0 Å². The summed E-state index contributed by atoms with van der Waals surface area (Å²) in [4.78, 5) is 0.0285. The van der Waals surface area contributed by atoms with Crippen LogP contribution in [-0.4, -0.2) is 15.5 Å². The van der Waals surface area contributed by atoms with Gasteiger partial charge in [0.2, 0.25) is 0 Å². The fourth-order valence-corrected chi connectivity index (χ4v) is 4.59. The third-order valence-corrected chi connectivity index (χ3v) is 6.60. The van der Waals surface area contributed by atoms with Crippen molar-refractivity contribution in [3.63, 3.8) is 0 Å². The van der Waals surface area contributed by atoms with Gasteiger partial charge >= 0.3 is 0 Å². The van der Waals surface area contributed by atoms with Gasteiger partial charge in [-0.25, -0.2) is 12.8 Å². The summed E-state index contributed by atoms with van der Waals surface area (Å²) in [6.07, 6.45) is 0. The maximum absolute atomic E-state index is 13.8. The molecule has 0 saturated heterocycles. The molecule has 3 aromatic rings. The molecule has 146 valence electrons. The van der Waals surface area contributed by atoms with Crippen LogP contribution in [0.25, 0.3) is 0 Å². The molecule has 0 fully saturated rings. The molecular formula is C20H16Cl2FNO3S. The second-order valence-corrected chi connectivity index (χ2v) is 8.54. The van der Waals surface area contributed by atoms with E-state index in [-0.39, 0.29) is 17.1 Å². The van der Waals surface area contributed by atoms with Crippen molar-refractivity contribution in [2.24, 2.45) is 0 Å². The number of ether oxygens (including phenoxy) is 1. The molecule has 28 heavy (non-hydrogen) atoms. The van der Waals surface area contributed by atoms with Crippen molar-refractivity contribution >= 4 is 38.9 Å². The van der Waals surface area contributed by atoms with Gasteiger partial charge in [-0.3, -0.25) is 4.31 Å². The average Bonchev–Trinajstić information content (AvgIpc) is 2.67. The number of benzene rings is 3. The lowest BCUT2D eigenvalue weighted by molar-refractivity contribution is 0.414. The number of hydrogen-bond acceptors (Lipinski definition) is 3. The Hall–Kier alpha value is -2.28. The van der Waals surface area contributed by atoms with Crippen LogP contribution in [-0.2, 0) is 16.6 Å². The highest BCUT2D eigenvalue weighted by Gasteiger charge is 2.27. The molecule has 3 rings (SSSR count). The highest BCUT2D eigenvalue weighted by Crippen LogP contribution is 2.32. The first-order valence-electron chi connectivity index (χ1n) is 8.18. The van der Waals surface area contributed by atoms with E-state index in [9.17, 15) is 12.8 Å². The Kier molecular flexibility index (Phi) is 6.13. The Bertz CT molecular complexity index is 1070. The van der Waals surface area contributed by atoms with Crippen LogP contribution in [0.15, 0.2) is 71.6 Å². The summed E-state index contributed by atoms with van der Waals surface area (Å²) in [5, 5.41) is 0.637. The van der Waals surface area contributed by atoms with E-state index in [1.807, 2.05) is 0 Å². The molecular weight excluding hydrogens is 424 g/mol. The molecule has 0 radical (unpaired) electrons. The molecule has 0 bridgehead atoms. The fourth-order valence-electron chi connectivity index (χ4n) is 2.65. The van der Waals surface area contributed by atoms with E-state index in [0.29, 0.717) is 21.4 Å². The Morgan fingerprint density at radius 2 is 1.57 bits per heavy atom. The topological polar surface area (TPSA) is 46.6 Å². The van der Waals surface area contributed by atoms with Gasteiger partial charge in [-0.2, -0.15) is 0 Å². The van der Waals surface area contributed by atoms with Crippen LogP contribution in [0.1, 0.15) is 5.56 Å². The predicted molar refractivity (Wildman–Crippen MR) is 109 cm³/mol. The first-order chi connectivity index (χ1) is 13.3. The van der Waals surface area contributed by atoms with Gasteiger partial charge in [-0.05, 0) is 54.6 Å². The van der Waals surface area contributed by atoms with Crippen molar-refractivity contribution in [1.29, 1.82) is 0 Å². The summed E-state index contributed by atoms with van der Waals surface area (Å²) in [7, 11) is -2.55. The monoisotopic (exact) mass is 439 g/mol. The van der Waals surface area contributed by atoms with Gasteiger partial charge in [0.1, 0.15) is 11.6 Å². The summed E-state index contributed by atoms with van der Waals surface area (Å²) in [6, 6.07) is 16.2. The van der Waals surface area contributed by atoms with E-state index in [1.54, 1.807) is 30.3 Å². The molecule has 8 heteroatoms.